The van der Waals surface area contributed by atoms with Crippen molar-refractivity contribution < 1.29 is 14.3 Å². The summed E-state index contributed by atoms with van der Waals surface area (Å²) >= 11 is 0. The molecule has 5 heteroatoms. The van der Waals surface area contributed by atoms with Gasteiger partial charge in [0.15, 0.2) is 0 Å². The minimum atomic E-state index is -0.230. The first-order valence-corrected chi connectivity index (χ1v) is 8.55. The normalized spacial score (nSPS) is 16.0. The lowest BCUT2D eigenvalue weighted by atomic mass is 9.74. The Morgan fingerprint density at radius 1 is 1.08 bits per heavy atom. The summed E-state index contributed by atoms with van der Waals surface area (Å²) in [4.78, 5) is 12.4. The van der Waals surface area contributed by atoms with Gasteiger partial charge in [-0.25, -0.2) is 4.79 Å². The minimum Gasteiger partial charge on any atom is -0.495 e. The van der Waals surface area contributed by atoms with Crippen LogP contribution in [0.15, 0.2) is 54.6 Å². The molecule has 3 rings (SSSR count). The molecule has 1 aliphatic rings. The smallest absolute Gasteiger partial charge is 0.319 e. The molecule has 0 spiro atoms. The van der Waals surface area contributed by atoms with E-state index >= 15 is 0 Å². The third-order valence-electron chi connectivity index (χ3n) is 4.78. The predicted molar refractivity (Wildman–Crippen MR) is 98.2 cm³/mol. The van der Waals surface area contributed by atoms with E-state index in [1.807, 2.05) is 42.5 Å². The van der Waals surface area contributed by atoms with Crippen molar-refractivity contribution in [2.24, 2.45) is 0 Å². The second kappa shape index (κ2) is 8.03. The molecule has 0 aliphatic carbocycles. The summed E-state index contributed by atoms with van der Waals surface area (Å²) in [5.74, 6) is 0.640. The van der Waals surface area contributed by atoms with Gasteiger partial charge in [0, 0.05) is 25.2 Å². The van der Waals surface area contributed by atoms with Crippen molar-refractivity contribution in [3.05, 3.63) is 60.2 Å². The summed E-state index contributed by atoms with van der Waals surface area (Å²) in [7, 11) is 1.59. The molecule has 132 valence electrons. The maximum atomic E-state index is 12.4. The topological polar surface area (TPSA) is 59.6 Å². The first kappa shape index (κ1) is 17.3. The van der Waals surface area contributed by atoms with Gasteiger partial charge in [-0.05, 0) is 30.5 Å². The molecule has 1 heterocycles. The van der Waals surface area contributed by atoms with E-state index in [4.69, 9.17) is 9.47 Å². The molecule has 0 radical (unpaired) electrons. The summed E-state index contributed by atoms with van der Waals surface area (Å²) in [6.07, 6.45) is 1.79. The van der Waals surface area contributed by atoms with Gasteiger partial charge in [0.2, 0.25) is 0 Å². The highest BCUT2D eigenvalue weighted by molar-refractivity contribution is 5.90. The van der Waals surface area contributed by atoms with Crippen molar-refractivity contribution in [1.29, 1.82) is 0 Å². The van der Waals surface area contributed by atoms with Crippen LogP contribution in [0.5, 0.6) is 5.75 Å². The number of anilines is 1. The fourth-order valence-electron chi connectivity index (χ4n) is 3.29. The van der Waals surface area contributed by atoms with Gasteiger partial charge in [-0.15, -0.1) is 0 Å². The minimum absolute atomic E-state index is 0.0857. The highest BCUT2D eigenvalue weighted by atomic mass is 16.5. The van der Waals surface area contributed by atoms with Gasteiger partial charge >= 0.3 is 6.03 Å². The Morgan fingerprint density at radius 3 is 2.48 bits per heavy atom. The molecule has 0 saturated carbocycles. The quantitative estimate of drug-likeness (QED) is 0.875. The van der Waals surface area contributed by atoms with E-state index in [0.29, 0.717) is 31.2 Å². The summed E-state index contributed by atoms with van der Waals surface area (Å²) in [5, 5.41) is 5.89. The van der Waals surface area contributed by atoms with Crippen LogP contribution in [-0.2, 0) is 10.2 Å². The van der Waals surface area contributed by atoms with Crippen LogP contribution in [0.2, 0.25) is 0 Å². The third kappa shape index (κ3) is 4.12. The molecule has 1 saturated heterocycles. The van der Waals surface area contributed by atoms with E-state index in [1.165, 1.54) is 5.56 Å². The monoisotopic (exact) mass is 340 g/mol. The number of hydrogen-bond donors (Lipinski definition) is 2. The average molecular weight is 340 g/mol. The molecule has 0 aromatic heterocycles. The van der Waals surface area contributed by atoms with Crippen LogP contribution < -0.4 is 15.4 Å². The van der Waals surface area contributed by atoms with Crippen molar-refractivity contribution >= 4 is 11.7 Å². The van der Waals surface area contributed by atoms with Crippen LogP contribution >= 0.6 is 0 Å². The largest absolute Gasteiger partial charge is 0.495 e. The van der Waals surface area contributed by atoms with E-state index in [2.05, 4.69) is 22.8 Å². The van der Waals surface area contributed by atoms with E-state index in [-0.39, 0.29) is 11.4 Å². The zero-order valence-corrected chi connectivity index (χ0v) is 14.5. The predicted octanol–water partition coefficient (Wildman–Crippen LogP) is 3.57. The lowest BCUT2D eigenvalue weighted by Crippen LogP contribution is -2.45. The fraction of sp³-hybridized carbons (Fsp3) is 0.350. The Kier molecular flexibility index (Phi) is 5.56. The van der Waals surface area contributed by atoms with Crippen molar-refractivity contribution in [1.82, 2.24) is 5.32 Å². The van der Waals surface area contributed by atoms with E-state index < -0.39 is 0 Å². The van der Waals surface area contributed by atoms with Gasteiger partial charge in [0.05, 0.1) is 12.8 Å². The SMILES string of the molecule is COc1ccccc1NC(=O)NCC1(c2ccccc2)CCOCC1. The van der Waals surface area contributed by atoms with Crippen LogP contribution in [0.4, 0.5) is 10.5 Å². The Hall–Kier alpha value is -2.53. The van der Waals surface area contributed by atoms with Gasteiger partial charge in [-0.3, -0.25) is 0 Å². The second-order valence-corrected chi connectivity index (χ2v) is 6.27. The van der Waals surface area contributed by atoms with Gasteiger partial charge in [0.1, 0.15) is 5.75 Å². The number of methoxy groups -OCH3 is 1. The maximum Gasteiger partial charge on any atom is 0.319 e. The number of nitrogens with one attached hydrogen (secondary N) is 2. The van der Waals surface area contributed by atoms with Crippen molar-refractivity contribution in [3.63, 3.8) is 0 Å². The molecule has 25 heavy (non-hydrogen) atoms. The molecule has 2 aromatic rings. The Labute approximate surface area is 148 Å². The summed E-state index contributed by atoms with van der Waals surface area (Å²) < 4.78 is 10.8. The molecule has 0 bridgehead atoms. The maximum absolute atomic E-state index is 12.4. The Balaban J connectivity index is 1.68. The standard InChI is InChI=1S/C20H24N2O3/c1-24-18-10-6-5-9-17(18)22-19(23)21-15-20(11-13-25-14-12-20)16-7-3-2-4-8-16/h2-10H,11-15H2,1H3,(H2,21,22,23). The Bertz CT molecular complexity index is 697. The number of carbonyl (C=O) groups excluding carboxylic acids is 1. The molecular weight excluding hydrogens is 316 g/mol. The molecule has 1 aliphatic heterocycles. The van der Waals surface area contributed by atoms with Gasteiger partial charge in [0.25, 0.3) is 0 Å². The summed E-state index contributed by atoms with van der Waals surface area (Å²) in [5.41, 5.74) is 1.82. The van der Waals surface area contributed by atoms with Gasteiger partial charge in [-0.2, -0.15) is 0 Å². The second-order valence-electron chi connectivity index (χ2n) is 6.27. The van der Waals surface area contributed by atoms with Crippen LogP contribution in [0.3, 0.4) is 0 Å². The lowest BCUT2D eigenvalue weighted by Gasteiger charge is -2.38. The first-order chi connectivity index (χ1) is 12.2. The number of para-hydroxylation sites is 2. The number of hydrogen-bond acceptors (Lipinski definition) is 3. The van der Waals surface area contributed by atoms with Crippen molar-refractivity contribution in [3.8, 4) is 5.75 Å². The third-order valence-corrected chi connectivity index (χ3v) is 4.78. The molecule has 2 N–H and O–H groups in total. The van der Waals surface area contributed by atoms with E-state index in [0.717, 1.165) is 12.8 Å². The van der Waals surface area contributed by atoms with E-state index in [9.17, 15) is 4.79 Å². The molecule has 0 atom stereocenters. The number of carbonyl (C=O) groups is 1. The van der Waals surface area contributed by atoms with Crippen LogP contribution in [0.1, 0.15) is 18.4 Å². The molecule has 0 unspecified atom stereocenters. The molecule has 1 fully saturated rings. The first-order valence-electron chi connectivity index (χ1n) is 8.55. The van der Waals surface area contributed by atoms with Crippen LogP contribution in [-0.4, -0.2) is 32.9 Å². The van der Waals surface area contributed by atoms with Crippen molar-refractivity contribution in [2.45, 2.75) is 18.3 Å². The number of amides is 2. The molecule has 5 nitrogen and oxygen atoms in total. The zero-order valence-electron chi connectivity index (χ0n) is 14.5. The van der Waals surface area contributed by atoms with Crippen LogP contribution in [0.25, 0.3) is 0 Å². The molecule has 2 amide bonds. The highest BCUT2D eigenvalue weighted by Gasteiger charge is 2.34. The van der Waals surface area contributed by atoms with E-state index in [1.54, 1.807) is 7.11 Å². The summed E-state index contributed by atoms with van der Waals surface area (Å²) in [6.45, 7) is 2.00. The number of benzene rings is 2. The van der Waals surface area contributed by atoms with Gasteiger partial charge in [-0.1, -0.05) is 42.5 Å². The highest BCUT2D eigenvalue weighted by Crippen LogP contribution is 2.34. The average Bonchev–Trinajstić information content (AvgIpc) is 2.68. The number of ether oxygens (including phenoxy) is 2. The Morgan fingerprint density at radius 2 is 1.76 bits per heavy atom. The van der Waals surface area contributed by atoms with Crippen LogP contribution in [0, 0.1) is 0 Å². The molecule has 2 aromatic carbocycles. The number of urea groups is 1. The summed E-state index contributed by atoms with van der Waals surface area (Å²) in [6, 6.07) is 17.5. The fourth-order valence-corrected chi connectivity index (χ4v) is 3.29. The zero-order chi connectivity index (χ0) is 17.5. The number of rotatable bonds is 5. The van der Waals surface area contributed by atoms with Gasteiger partial charge < -0.3 is 20.1 Å². The van der Waals surface area contributed by atoms with Crippen molar-refractivity contribution in [2.75, 3.05) is 32.2 Å². The lowest BCUT2D eigenvalue weighted by molar-refractivity contribution is 0.0508. The molecular formula is C20H24N2O3.